The zero-order valence-corrected chi connectivity index (χ0v) is 12.6. The van der Waals surface area contributed by atoms with E-state index >= 15 is 0 Å². The fourth-order valence-corrected chi connectivity index (χ4v) is 3.72. The van der Waals surface area contributed by atoms with Crippen LogP contribution in [0.2, 0.25) is 0 Å². The summed E-state index contributed by atoms with van der Waals surface area (Å²) in [5.74, 6) is 0.860. The lowest BCUT2D eigenvalue weighted by molar-refractivity contribution is 0.000360. The zero-order chi connectivity index (χ0) is 13.1. The number of likely N-dealkylation sites (tertiary alicyclic amines) is 2. The van der Waals surface area contributed by atoms with Gasteiger partial charge in [0.15, 0.2) is 0 Å². The highest BCUT2D eigenvalue weighted by Gasteiger charge is 2.34. The smallest absolute Gasteiger partial charge is 0.0618 e. The quantitative estimate of drug-likeness (QED) is 0.768. The van der Waals surface area contributed by atoms with Gasteiger partial charge < -0.3 is 9.64 Å². The molecule has 2 aliphatic rings. The van der Waals surface area contributed by atoms with Gasteiger partial charge in [-0.25, -0.2) is 0 Å². The third-order valence-corrected chi connectivity index (χ3v) is 5.23. The van der Waals surface area contributed by atoms with Crippen molar-refractivity contribution in [2.24, 2.45) is 5.92 Å². The average molecular weight is 254 g/mol. The van der Waals surface area contributed by atoms with Crippen molar-refractivity contribution in [3.63, 3.8) is 0 Å². The summed E-state index contributed by atoms with van der Waals surface area (Å²) >= 11 is 0. The molecule has 0 aromatic heterocycles. The summed E-state index contributed by atoms with van der Waals surface area (Å²) in [6, 6.07) is 2.15. The third kappa shape index (κ3) is 3.06. The minimum atomic E-state index is 0.609. The lowest BCUT2D eigenvalue weighted by Crippen LogP contribution is -2.55. The molecule has 2 saturated heterocycles. The lowest BCUT2D eigenvalue weighted by atomic mass is 9.87. The summed E-state index contributed by atoms with van der Waals surface area (Å²) in [7, 11) is 4.06. The van der Waals surface area contributed by atoms with Crippen molar-refractivity contribution in [2.75, 3.05) is 33.9 Å². The number of methoxy groups -OCH3 is 1. The number of piperidine rings is 2. The van der Waals surface area contributed by atoms with Gasteiger partial charge in [0, 0.05) is 25.2 Å². The second-order valence-corrected chi connectivity index (χ2v) is 6.37. The normalized spacial score (nSPS) is 40.0. The van der Waals surface area contributed by atoms with Crippen LogP contribution in [0.5, 0.6) is 0 Å². The second-order valence-electron chi connectivity index (χ2n) is 6.37. The maximum Gasteiger partial charge on any atom is 0.0618 e. The molecule has 0 spiro atoms. The second kappa shape index (κ2) is 6.36. The Morgan fingerprint density at radius 1 is 1.17 bits per heavy atom. The Labute approximate surface area is 112 Å². The van der Waals surface area contributed by atoms with E-state index in [1.54, 1.807) is 0 Å². The number of ether oxygens (including phenoxy) is 1. The number of hydrogen-bond acceptors (Lipinski definition) is 3. The Morgan fingerprint density at radius 2 is 1.94 bits per heavy atom. The number of nitrogens with zero attached hydrogens (tertiary/aromatic N) is 2. The number of likely N-dealkylation sites (N-methyl/N-ethyl adjacent to an activating group) is 1. The highest BCUT2D eigenvalue weighted by Crippen LogP contribution is 2.30. The van der Waals surface area contributed by atoms with Crippen molar-refractivity contribution in [1.29, 1.82) is 0 Å². The SMILES string of the molecule is COCC1C[C@H](N2CCCC(C)C2C)CCN1C. The molecule has 2 rings (SSSR count). The first-order valence-corrected chi connectivity index (χ1v) is 7.58. The van der Waals surface area contributed by atoms with Gasteiger partial charge >= 0.3 is 0 Å². The van der Waals surface area contributed by atoms with E-state index in [-0.39, 0.29) is 0 Å². The molecule has 106 valence electrons. The Balaban J connectivity index is 1.96. The van der Waals surface area contributed by atoms with Crippen LogP contribution in [-0.4, -0.2) is 61.8 Å². The third-order valence-electron chi connectivity index (χ3n) is 5.23. The van der Waals surface area contributed by atoms with Gasteiger partial charge in [0.05, 0.1) is 6.61 Å². The predicted molar refractivity (Wildman–Crippen MR) is 75.9 cm³/mol. The maximum absolute atomic E-state index is 5.38. The maximum atomic E-state index is 5.38. The first-order chi connectivity index (χ1) is 8.63. The van der Waals surface area contributed by atoms with Gasteiger partial charge in [0.25, 0.3) is 0 Å². The number of hydrogen-bond donors (Lipinski definition) is 0. The minimum absolute atomic E-state index is 0.609. The van der Waals surface area contributed by atoms with E-state index in [0.717, 1.165) is 24.6 Å². The monoisotopic (exact) mass is 254 g/mol. The molecule has 3 nitrogen and oxygen atoms in total. The van der Waals surface area contributed by atoms with Crippen molar-refractivity contribution in [1.82, 2.24) is 9.80 Å². The molecule has 18 heavy (non-hydrogen) atoms. The molecule has 4 atom stereocenters. The van der Waals surface area contributed by atoms with E-state index in [1.807, 2.05) is 7.11 Å². The summed E-state index contributed by atoms with van der Waals surface area (Å²) in [5, 5.41) is 0. The highest BCUT2D eigenvalue weighted by atomic mass is 16.5. The van der Waals surface area contributed by atoms with Crippen LogP contribution in [0.15, 0.2) is 0 Å². The molecule has 0 amide bonds. The molecule has 0 aromatic carbocycles. The molecular weight excluding hydrogens is 224 g/mol. The standard InChI is InChI=1S/C15H30N2O/c1-12-6-5-8-17(13(12)2)14-7-9-16(3)15(10-14)11-18-4/h12-15H,5-11H2,1-4H3/t12?,13?,14-,15?/m1/s1. The minimum Gasteiger partial charge on any atom is -0.383 e. The molecule has 0 radical (unpaired) electrons. The van der Waals surface area contributed by atoms with Gasteiger partial charge in [0.1, 0.15) is 0 Å². The van der Waals surface area contributed by atoms with Crippen molar-refractivity contribution in [3.05, 3.63) is 0 Å². The topological polar surface area (TPSA) is 15.7 Å². The molecule has 0 aliphatic carbocycles. The summed E-state index contributed by atoms with van der Waals surface area (Å²) in [6.45, 7) is 8.24. The first kappa shape index (κ1) is 14.3. The average Bonchev–Trinajstić information content (AvgIpc) is 2.36. The van der Waals surface area contributed by atoms with Crippen LogP contribution in [0.25, 0.3) is 0 Å². The van der Waals surface area contributed by atoms with E-state index in [2.05, 4.69) is 30.7 Å². The van der Waals surface area contributed by atoms with Gasteiger partial charge in [-0.05, 0) is 58.7 Å². The van der Waals surface area contributed by atoms with E-state index in [1.165, 1.54) is 38.8 Å². The summed E-state index contributed by atoms with van der Waals surface area (Å²) in [4.78, 5) is 5.25. The summed E-state index contributed by atoms with van der Waals surface area (Å²) in [5.41, 5.74) is 0. The van der Waals surface area contributed by atoms with Gasteiger partial charge in [-0.15, -0.1) is 0 Å². The van der Waals surface area contributed by atoms with E-state index in [9.17, 15) is 0 Å². The van der Waals surface area contributed by atoms with Gasteiger partial charge in [-0.2, -0.15) is 0 Å². The van der Waals surface area contributed by atoms with Crippen molar-refractivity contribution < 1.29 is 4.74 Å². The first-order valence-electron chi connectivity index (χ1n) is 7.58. The van der Waals surface area contributed by atoms with Crippen LogP contribution < -0.4 is 0 Å². The molecule has 2 fully saturated rings. The molecule has 0 N–H and O–H groups in total. The fourth-order valence-electron chi connectivity index (χ4n) is 3.72. The van der Waals surface area contributed by atoms with Crippen LogP contribution in [0.3, 0.4) is 0 Å². The fraction of sp³-hybridized carbons (Fsp3) is 1.00. The summed E-state index contributed by atoms with van der Waals surface area (Å²) in [6.07, 6.45) is 5.40. The van der Waals surface area contributed by atoms with Crippen LogP contribution in [-0.2, 0) is 4.74 Å². The molecular formula is C15H30N2O. The van der Waals surface area contributed by atoms with Crippen LogP contribution >= 0.6 is 0 Å². The van der Waals surface area contributed by atoms with E-state index < -0.39 is 0 Å². The number of rotatable bonds is 3. The van der Waals surface area contributed by atoms with Crippen LogP contribution in [0.1, 0.15) is 39.5 Å². The van der Waals surface area contributed by atoms with Crippen LogP contribution in [0, 0.1) is 5.92 Å². The molecule has 2 aliphatic heterocycles. The molecule has 3 unspecified atom stereocenters. The van der Waals surface area contributed by atoms with Crippen molar-refractivity contribution in [2.45, 2.75) is 57.7 Å². The highest BCUT2D eigenvalue weighted by molar-refractivity contribution is 4.90. The molecule has 0 bridgehead atoms. The molecule has 0 saturated carbocycles. The largest absolute Gasteiger partial charge is 0.383 e. The predicted octanol–water partition coefficient (Wildman–Crippen LogP) is 2.22. The van der Waals surface area contributed by atoms with Gasteiger partial charge in [-0.3, -0.25) is 4.90 Å². The molecule has 0 aromatic rings. The van der Waals surface area contributed by atoms with E-state index in [4.69, 9.17) is 4.74 Å². The molecule has 2 heterocycles. The summed E-state index contributed by atoms with van der Waals surface area (Å²) < 4.78 is 5.38. The Kier molecular flexibility index (Phi) is 5.05. The Morgan fingerprint density at radius 3 is 2.67 bits per heavy atom. The van der Waals surface area contributed by atoms with Gasteiger partial charge in [0.2, 0.25) is 0 Å². The van der Waals surface area contributed by atoms with Crippen molar-refractivity contribution >= 4 is 0 Å². The van der Waals surface area contributed by atoms with E-state index in [0.29, 0.717) is 6.04 Å². The Hall–Kier alpha value is -0.120. The van der Waals surface area contributed by atoms with Gasteiger partial charge in [-0.1, -0.05) is 6.92 Å². The Bertz CT molecular complexity index is 259. The lowest BCUT2D eigenvalue weighted by Gasteiger charge is -2.47. The van der Waals surface area contributed by atoms with Crippen molar-refractivity contribution in [3.8, 4) is 0 Å². The zero-order valence-electron chi connectivity index (χ0n) is 12.6. The molecule has 3 heteroatoms. The van der Waals surface area contributed by atoms with Crippen LogP contribution in [0.4, 0.5) is 0 Å².